The molecule has 14 rings (SSSR count). The van der Waals surface area contributed by atoms with Crippen molar-refractivity contribution in [1.29, 1.82) is 0 Å². The van der Waals surface area contributed by atoms with Gasteiger partial charge >= 0.3 is 0 Å². The molecule has 12 aromatic carbocycles. The molecule has 322 valence electrons. The van der Waals surface area contributed by atoms with Crippen molar-refractivity contribution in [3.05, 3.63) is 248 Å². The normalized spacial score (nSPS) is 11.8. The van der Waals surface area contributed by atoms with Gasteiger partial charge in [0.25, 0.3) is 0 Å². The number of aromatic nitrogens is 1. The molecule has 0 N–H and O–H groups in total. The first-order chi connectivity index (χ1) is 34.2. The molecule has 2 aromatic heterocycles. The van der Waals surface area contributed by atoms with Gasteiger partial charge in [0.1, 0.15) is 11.2 Å². The van der Waals surface area contributed by atoms with Gasteiger partial charge in [0, 0.05) is 37.8 Å². The van der Waals surface area contributed by atoms with Crippen molar-refractivity contribution in [2.75, 3.05) is 0 Å². The highest BCUT2D eigenvalue weighted by molar-refractivity contribution is 6.35. The summed E-state index contributed by atoms with van der Waals surface area (Å²) in [6.45, 7) is 0. The summed E-state index contributed by atoms with van der Waals surface area (Å²) in [6, 6.07) is 87.8. The van der Waals surface area contributed by atoms with Crippen LogP contribution in [0.25, 0.3) is 137 Å². The summed E-state index contributed by atoms with van der Waals surface area (Å²) in [5, 5.41) is 12.8. The lowest BCUT2D eigenvalue weighted by atomic mass is 9.76. The van der Waals surface area contributed by atoms with Crippen molar-refractivity contribution in [2.24, 2.45) is 0 Å². The Balaban J connectivity index is 1.05. The lowest BCUT2D eigenvalue weighted by Gasteiger charge is -2.26. The van der Waals surface area contributed by atoms with Gasteiger partial charge in [-0.25, -0.2) is 0 Å². The first-order valence-corrected chi connectivity index (χ1v) is 23.9. The molecule has 0 fully saturated rings. The second-order valence-electron chi connectivity index (χ2n) is 18.0. The largest absolute Gasteiger partial charge is 0.455 e. The van der Waals surface area contributed by atoms with Crippen LogP contribution in [0, 0.1) is 0 Å². The Bertz CT molecular complexity index is 4340. The van der Waals surface area contributed by atoms with Gasteiger partial charge in [0.15, 0.2) is 0 Å². The number of halogens is 1. The van der Waals surface area contributed by atoms with Crippen LogP contribution in [0.5, 0.6) is 0 Å². The van der Waals surface area contributed by atoms with E-state index in [-0.39, 0.29) is 0 Å². The summed E-state index contributed by atoms with van der Waals surface area (Å²) in [4.78, 5) is 0. The Morgan fingerprint density at radius 2 is 0.768 bits per heavy atom. The first-order valence-electron chi connectivity index (χ1n) is 23.5. The zero-order valence-electron chi connectivity index (χ0n) is 37.3. The lowest BCUT2D eigenvalue weighted by Crippen LogP contribution is -2.00. The van der Waals surface area contributed by atoms with Crippen LogP contribution >= 0.6 is 11.6 Å². The van der Waals surface area contributed by atoms with Crippen LogP contribution in [0.1, 0.15) is 0 Å². The summed E-state index contributed by atoms with van der Waals surface area (Å²) in [6.07, 6.45) is 0. The van der Waals surface area contributed by atoms with Gasteiger partial charge in [-0.05, 0) is 131 Å². The Hall–Kier alpha value is -8.69. The number of fused-ring (bicyclic) bond motifs is 12. The fourth-order valence-corrected chi connectivity index (χ4v) is 11.4. The zero-order chi connectivity index (χ0) is 45.6. The zero-order valence-corrected chi connectivity index (χ0v) is 38.1. The third-order valence-electron chi connectivity index (χ3n) is 14.2. The predicted molar refractivity (Wildman–Crippen MR) is 293 cm³/mol. The maximum Gasteiger partial charge on any atom is 0.143 e. The summed E-state index contributed by atoms with van der Waals surface area (Å²) in [5.41, 5.74) is 16.7. The lowest BCUT2D eigenvalue weighted by molar-refractivity contribution is 0.670. The van der Waals surface area contributed by atoms with E-state index in [2.05, 4.69) is 223 Å². The minimum absolute atomic E-state index is 0.705. The maximum absolute atomic E-state index is 6.70. The molecule has 0 spiro atoms. The second-order valence-corrected chi connectivity index (χ2v) is 18.4. The number of nitrogens with zero attached hydrogens (tertiary/aromatic N) is 1. The van der Waals surface area contributed by atoms with Crippen molar-refractivity contribution in [2.45, 2.75) is 0 Å². The number of para-hydroxylation sites is 3. The van der Waals surface area contributed by atoms with Gasteiger partial charge in [-0.3, -0.25) is 0 Å². The molecule has 0 aliphatic heterocycles. The van der Waals surface area contributed by atoms with E-state index in [9.17, 15) is 0 Å². The highest BCUT2D eigenvalue weighted by Gasteiger charge is 2.27. The molecule has 0 bridgehead atoms. The van der Waals surface area contributed by atoms with Crippen LogP contribution in [-0.2, 0) is 0 Å². The summed E-state index contributed by atoms with van der Waals surface area (Å²) < 4.78 is 8.93. The van der Waals surface area contributed by atoms with E-state index < -0.39 is 0 Å². The number of hydrogen-bond acceptors (Lipinski definition) is 1. The highest BCUT2D eigenvalue weighted by atomic mass is 35.5. The van der Waals surface area contributed by atoms with Gasteiger partial charge in [-0.2, -0.15) is 0 Å². The molecule has 14 aromatic rings. The van der Waals surface area contributed by atoms with E-state index in [0.717, 1.165) is 72.0 Å². The van der Waals surface area contributed by atoms with Crippen LogP contribution in [0.2, 0.25) is 5.02 Å². The molecule has 0 aliphatic carbocycles. The first kappa shape index (κ1) is 39.5. The average Bonchev–Trinajstić information content (AvgIpc) is 3.97. The standard InChI is InChI=1S/C66H40ClNO/c67-46-35-30-43(31-36-46)60-61(63(42-18-5-2-6-19-42)65-54-25-10-8-21-50(54)49-20-7-9-24-53(49)64(65)62(60)41-16-3-1-4-17-41)44-32-37-47(38-33-44)68-57-28-13-11-22-51(57)56-40-45(34-39-58(56)68)48-26-15-27-55-52-23-12-14-29-59(52)69-66(48)55/h1-40H. The molecule has 0 unspecified atom stereocenters. The third-order valence-corrected chi connectivity index (χ3v) is 14.5. The van der Waals surface area contributed by atoms with Gasteiger partial charge in [0.2, 0.25) is 0 Å². The van der Waals surface area contributed by atoms with E-state index in [0.29, 0.717) is 5.02 Å². The summed E-state index contributed by atoms with van der Waals surface area (Å²) in [7, 11) is 0. The molecule has 69 heavy (non-hydrogen) atoms. The van der Waals surface area contributed by atoms with Crippen LogP contribution < -0.4 is 0 Å². The molecule has 0 saturated heterocycles. The van der Waals surface area contributed by atoms with Crippen molar-refractivity contribution in [3.63, 3.8) is 0 Å². The smallest absolute Gasteiger partial charge is 0.143 e. The van der Waals surface area contributed by atoms with Gasteiger partial charge < -0.3 is 8.98 Å². The van der Waals surface area contributed by atoms with Crippen molar-refractivity contribution in [3.8, 4) is 61.3 Å². The van der Waals surface area contributed by atoms with Crippen LogP contribution in [-0.4, -0.2) is 4.57 Å². The predicted octanol–water partition coefficient (Wildman–Crippen LogP) is 19.1. The third kappa shape index (κ3) is 6.13. The van der Waals surface area contributed by atoms with Gasteiger partial charge in [-0.15, -0.1) is 0 Å². The SMILES string of the molecule is Clc1ccc(-c2c(-c3ccc(-n4c5ccccc5c5cc(-c6cccc7c6oc6ccccc67)ccc54)cc3)c(-c3ccccc3)c3c4ccccc4c4ccccc4c3c2-c2ccccc2)cc1. The Morgan fingerprint density at radius 1 is 0.304 bits per heavy atom. The second kappa shape index (κ2) is 15.7. The van der Waals surface area contributed by atoms with Crippen molar-refractivity contribution in [1.82, 2.24) is 4.57 Å². The minimum Gasteiger partial charge on any atom is -0.455 e. The molecule has 0 atom stereocenters. The molecule has 0 radical (unpaired) electrons. The Morgan fingerprint density at radius 3 is 1.39 bits per heavy atom. The van der Waals surface area contributed by atoms with Crippen molar-refractivity contribution >= 4 is 87.7 Å². The Kier molecular flexibility index (Phi) is 8.99. The van der Waals surface area contributed by atoms with Crippen LogP contribution in [0.4, 0.5) is 0 Å². The molecular weight excluding hydrogens is 858 g/mol. The van der Waals surface area contributed by atoms with Gasteiger partial charge in [0.05, 0.1) is 11.0 Å². The number of benzene rings is 12. The van der Waals surface area contributed by atoms with E-state index >= 15 is 0 Å². The fraction of sp³-hybridized carbons (Fsp3) is 0. The van der Waals surface area contributed by atoms with E-state index in [1.807, 2.05) is 24.3 Å². The number of furan rings is 1. The van der Waals surface area contributed by atoms with E-state index in [1.165, 1.54) is 65.3 Å². The topological polar surface area (TPSA) is 18.1 Å². The molecule has 0 amide bonds. The maximum atomic E-state index is 6.70. The average molecular weight is 899 g/mol. The van der Waals surface area contributed by atoms with Crippen molar-refractivity contribution < 1.29 is 4.42 Å². The molecule has 2 nitrogen and oxygen atoms in total. The quantitative estimate of drug-likeness (QED) is 0.152. The van der Waals surface area contributed by atoms with E-state index in [1.54, 1.807) is 0 Å². The monoisotopic (exact) mass is 897 g/mol. The number of rotatable bonds is 6. The Labute approximate surface area is 403 Å². The minimum atomic E-state index is 0.705. The van der Waals surface area contributed by atoms with Gasteiger partial charge in [-0.1, -0.05) is 206 Å². The fourth-order valence-electron chi connectivity index (χ4n) is 11.3. The van der Waals surface area contributed by atoms with Crippen LogP contribution in [0.15, 0.2) is 247 Å². The molecular formula is C66H40ClNO. The molecule has 3 heteroatoms. The van der Waals surface area contributed by atoms with Crippen LogP contribution in [0.3, 0.4) is 0 Å². The summed E-state index contributed by atoms with van der Waals surface area (Å²) >= 11 is 6.70. The van der Waals surface area contributed by atoms with E-state index in [4.69, 9.17) is 16.0 Å². The summed E-state index contributed by atoms with van der Waals surface area (Å²) in [5.74, 6) is 0. The molecule has 2 heterocycles. The highest BCUT2D eigenvalue weighted by Crippen LogP contribution is 2.55. The molecule has 0 aliphatic rings. The number of hydrogen-bond donors (Lipinski definition) is 0. The molecule has 0 saturated carbocycles.